The fourth-order valence-electron chi connectivity index (χ4n) is 5.95. The summed E-state index contributed by atoms with van der Waals surface area (Å²) in [6, 6.07) is 4.21. The van der Waals surface area contributed by atoms with E-state index in [1.54, 1.807) is 12.1 Å². The van der Waals surface area contributed by atoms with E-state index in [4.69, 9.17) is 23.2 Å². The van der Waals surface area contributed by atoms with Gasteiger partial charge in [-0.05, 0) is 80.1 Å². The normalized spacial score (nSPS) is 24.0. The monoisotopic (exact) mass is 621 g/mol. The number of carbonyl (C=O) groups excluding carboxylic acids is 2. The standard InChI is InChI=1S/C28H27Cl2F6N3O2/c29-18-3-4-19(21(30)13-18)26(7-8-26)25(41)38-22(24(40)37-23-14-39-9-5-15(23)6-10-39)11-16-1-2-17(27(31,32)33)12-20(16)28(34,35)36/h1-4,12-13,15,22-23H,5-11,14H2,(H,37,40)(H,38,41)/t22-,23+/m0/s1. The molecule has 222 valence electrons. The molecule has 2 aromatic rings. The highest BCUT2D eigenvalue weighted by molar-refractivity contribution is 6.35. The number of fused-ring (bicyclic) bond motifs is 3. The third-order valence-electron chi connectivity index (χ3n) is 8.40. The predicted molar refractivity (Wildman–Crippen MR) is 141 cm³/mol. The van der Waals surface area contributed by atoms with Crippen LogP contribution in [-0.2, 0) is 33.8 Å². The number of nitrogens with zero attached hydrogens (tertiary/aromatic N) is 1. The quantitative estimate of drug-likeness (QED) is 0.373. The summed E-state index contributed by atoms with van der Waals surface area (Å²) < 4.78 is 81.4. The molecular formula is C28H27Cl2F6N3O2. The number of hydrogen-bond donors (Lipinski definition) is 2. The van der Waals surface area contributed by atoms with Crippen LogP contribution in [0.2, 0.25) is 10.0 Å². The smallest absolute Gasteiger partial charge is 0.350 e. The van der Waals surface area contributed by atoms with Gasteiger partial charge in [0.25, 0.3) is 0 Å². The van der Waals surface area contributed by atoms with Gasteiger partial charge in [-0.2, -0.15) is 26.3 Å². The Kier molecular flexibility index (Phi) is 8.02. The van der Waals surface area contributed by atoms with Crippen molar-refractivity contribution in [1.29, 1.82) is 0 Å². The molecule has 0 radical (unpaired) electrons. The number of alkyl halides is 6. The lowest BCUT2D eigenvalue weighted by molar-refractivity contribution is -0.143. The maximum atomic E-state index is 13.9. The maximum absolute atomic E-state index is 13.9. The van der Waals surface area contributed by atoms with E-state index < -0.39 is 58.7 Å². The van der Waals surface area contributed by atoms with Crippen molar-refractivity contribution in [2.45, 2.75) is 62.0 Å². The van der Waals surface area contributed by atoms with Crippen molar-refractivity contribution in [2.24, 2.45) is 5.92 Å². The summed E-state index contributed by atoms with van der Waals surface area (Å²) in [5.41, 5.74) is -4.12. The van der Waals surface area contributed by atoms with Gasteiger partial charge in [0.05, 0.1) is 16.5 Å². The molecule has 13 heteroatoms. The SMILES string of the molecule is O=C(N[C@@H]1CN2CCC1CC2)[C@H](Cc1ccc(C(F)(F)F)cc1C(F)(F)F)NC(=O)C1(c2ccc(Cl)cc2Cl)CC1. The van der Waals surface area contributed by atoms with Crippen molar-refractivity contribution < 1.29 is 35.9 Å². The van der Waals surface area contributed by atoms with Gasteiger partial charge in [-0.1, -0.05) is 35.3 Å². The second-order valence-corrected chi connectivity index (χ2v) is 11.9. The van der Waals surface area contributed by atoms with Crippen molar-refractivity contribution in [3.8, 4) is 0 Å². The summed E-state index contributed by atoms with van der Waals surface area (Å²) in [7, 11) is 0. The number of benzene rings is 2. The van der Waals surface area contributed by atoms with E-state index in [9.17, 15) is 35.9 Å². The summed E-state index contributed by atoms with van der Waals surface area (Å²) >= 11 is 12.3. The number of amides is 2. The van der Waals surface area contributed by atoms with Crippen LogP contribution in [0.15, 0.2) is 36.4 Å². The molecule has 2 aromatic carbocycles. The van der Waals surface area contributed by atoms with Crippen LogP contribution in [0.4, 0.5) is 26.3 Å². The summed E-state index contributed by atoms with van der Waals surface area (Å²) in [5.74, 6) is -1.10. The molecule has 2 N–H and O–H groups in total. The predicted octanol–water partition coefficient (Wildman–Crippen LogP) is 6.00. The zero-order chi connectivity index (χ0) is 29.7. The zero-order valence-corrected chi connectivity index (χ0v) is 23.2. The van der Waals surface area contributed by atoms with E-state index in [1.807, 2.05) is 0 Å². The van der Waals surface area contributed by atoms with Gasteiger partial charge in [0.2, 0.25) is 11.8 Å². The van der Waals surface area contributed by atoms with Gasteiger partial charge >= 0.3 is 12.4 Å². The molecule has 0 spiro atoms. The molecule has 3 heterocycles. The van der Waals surface area contributed by atoms with Crippen molar-refractivity contribution >= 4 is 35.0 Å². The molecular weight excluding hydrogens is 595 g/mol. The molecule has 1 saturated carbocycles. The van der Waals surface area contributed by atoms with E-state index in [-0.39, 0.29) is 23.0 Å². The van der Waals surface area contributed by atoms with Crippen LogP contribution in [0, 0.1) is 5.92 Å². The van der Waals surface area contributed by atoms with E-state index in [0.29, 0.717) is 36.0 Å². The highest BCUT2D eigenvalue weighted by Gasteiger charge is 2.53. The molecule has 0 unspecified atom stereocenters. The highest BCUT2D eigenvalue weighted by Crippen LogP contribution is 2.51. The van der Waals surface area contributed by atoms with Gasteiger partial charge < -0.3 is 15.5 Å². The van der Waals surface area contributed by atoms with Crippen LogP contribution in [0.25, 0.3) is 0 Å². The minimum Gasteiger partial charge on any atom is -0.350 e. The maximum Gasteiger partial charge on any atom is 0.416 e. The van der Waals surface area contributed by atoms with Crippen LogP contribution < -0.4 is 10.6 Å². The van der Waals surface area contributed by atoms with E-state index in [2.05, 4.69) is 15.5 Å². The Hall–Kier alpha value is -2.50. The molecule has 4 aliphatic rings. The molecule has 3 saturated heterocycles. The lowest BCUT2D eigenvalue weighted by Crippen LogP contribution is -2.60. The summed E-state index contributed by atoms with van der Waals surface area (Å²) in [5, 5.41) is 6.11. The van der Waals surface area contributed by atoms with E-state index >= 15 is 0 Å². The zero-order valence-electron chi connectivity index (χ0n) is 21.6. The minimum absolute atomic E-state index is 0.0371. The molecule has 41 heavy (non-hydrogen) atoms. The Morgan fingerprint density at radius 1 is 0.976 bits per heavy atom. The van der Waals surface area contributed by atoms with Gasteiger partial charge in [-0.15, -0.1) is 0 Å². The van der Waals surface area contributed by atoms with E-state index in [1.165, 1.54) is 6.07 Å². The summed E-state index contributed by atoms with van der Waals surface area (Å²) in [6.07, 6.45) is -8.27. The van der Waals surface area contributed by atoms with E-state index in [0.717, 1.165) is 32.0 Å². The number of hydrogen-bond acceptors (Lipinski definition) is 3. The minimum atomic E-state index is -5.12. The van der Waals surface area contributed by atoms with Gasteiger partial charge in [-0.3, -0.25) is 9.59 Å². The molecule has 2 bridgehead atoms. The van der Waals surface area contributed by atoms with Crippen molar-refractivity contribution in [3.63, 3.8) is 0 Å². The molecule has 4 fully saturated rings. The molecule has 2 atom stereocenters. The molecule has 1 aliphatic carbocycles. The fraction of sp³-hybridized carbons (Fsp3) is 0.500. The van der Waals surface area contributed by atoms with Crippen LogP contribution >= 0.6 is 23.2 Å². The third kappa shape index (κ3) is 6.32. The molecule has 3 aliphatic heterocycles. The third-order valence-corrected chi connectivity index (χ3v) is 8.95. The number of carbonyl (C=O) groups is 2. The largest absolute Gasteiger partial charge is 0.416 e. The van der Waals surface area contributed by atoms with Gasteiger partial charge in [0, 0.05) is 29.1 Å². The first-order valence-electron chi connectivity index (χ1n) is 13.2. The highest BCUT2D eigenvalue weighted by atomic mass is 35.5. The Labute approximate surface area is 242 Å². The number of rotatable bonds is 7. The first-order chi connectivity index (χ1) is 19.2. The first-order valence-corrected chi connectivity index (χ1v) is 14.0. The fourth-order valence-corrected chi connectivity index (χ4v) is 6.54. The molecule has 2 amide bonds. The second-order valence-electron chi connectivity index (χ2n) is 11.1. The number of halogens is 8. The van der Waals surface area contributed by atoms with Crippen LogP contribution in [-0.4, -0.2) is 48.4 Å². The number of nitrogens with one attached hydrogen (secondary N) is 2. The van der Waals surface area contributed by atoms with Gasteiger partial charge in [0.15, 0.2) is 0 Å². The topological polar surface area (TPSA) is 61.4 Å². The lowest BCUT2D eigenvalue weighted by Gasteiger charge is -2.45. The van der Waals surface area contributed by atoms with Gasteiger partial charge in [0.1, 0.15) is 6.04 Å². The Bertz CT molecular complexity index is 1340. The second kappa shape index (κ2) is 11.0. The van der Waals surface area contributed by atoms with Gasteiger partial charge in [-0.25, -0.2) is 0 Å². The van der Waals surface area contributed by atoms with Crippen molar-refractivity contribution in [3.05, 3.63) is 68.7 Å². The lowest BCUT2D eigenvalue weighted by atomic mass is 9.84. The molecule has 0 aromatic heterocycles. The van der Waals surface area contributed by atoms with Crippen molar-refractivity contribution in [2.75, 3.05) is 19.6 Å². The Morgan fingerprint density at radius 3 is 2.20 bits per heavy atom. The van der Waals surface area contributed by atoms with Crippen LogP contribution in [0.3, 0.4) is 0 Å². The van der Waals surface area contributed by atoms with Crippen molar-refractivity contribution in [1.82, 2.24) is 15.5 Å². The number of piperidine rings is 3. The molecule has 6 rings (SSSR count). The first kappa shape index (κ1) is 30.0. The Balaban J connectivity index is 1.45. The Morgan fingerprint density at radius 2 is 1.66 bits per heavy atom. The summed E-state index contributed by atoms with van der Waals surface area (Å²) in [4.78, 5) is 29.3. The van der Waals surface area contributed by atoms with Crippen LogP contribution in [0.5, 0.6) is 0 Å². The van der Waals surface area contributed by atoms with Crippen LogP contribution in [0.1, 0.15) is 47.9 Å². The average Bonchev–Trinajstić information content (AvgIpc) is 3.70. The molecule has 5 nitrogen and oxygen atoms in total. The summed E-state index contributed by atoms with van der Waals surface area (Å²) in [6.45, 7) is 2.36. The average molecular weight is 622 g/mol.